The lowest BCUT2D eigenvalue weighted by atomic mass is 10.1. The van der Waals surface area contributed by atoms with Gasteiger partial charge in [0.15, 0.2) is 17.1 Å². The van der Waals surface area contributed by atoms with Gasteiger partial charge in [-0.05, 0) is 50.1 Å². The predicted molar refractivity (Wildman–Crippen MR) is 109 cm³/mol. The minimum atomic E-state index is -0.0617. The fourth-order valence-corrected chi connectivity index (χ4v) is 3.77. The van der Waals surface area contributed by atoms with E-state index in [0.717, 1.165) is 33.5 Å². The third-order valence-electron chi connectivity index (χ3n) is 5.28. The molecule has 0 spiro atoms. The highest BCUT2D eigenvalue weighted by molar-refractivity contribution is 5.92. The van der Waals surface area contributed by atoms with E-state index in [0.29, 0.717) is 30.0 Å². The largest absolute Gasteiger partial charge is 0.454 e. The molecule has 5 rings (SSSR count). The van der Waals surface area contributed by atoms with Crippen LogP contribution in [0.1, 0.15) is 23.4 Å². The number of aryl methyl sites for hydroxylation is 2. The number of nitrogens with zero attached hydrogens (tertiary/aromatic N) is 3. The van der Waals surface area contributed by atoms with Crippen LogP contribution in [0.4, 0.5) is 5.69 Å². The molecule has 0 fully saturated rings. The van der Waals surface area contributed by atoms with E-state index in [1.165, 1.54) is 0 Å². The second-order valence-electron chi connectivity index (χ2n) is 7.13. The lowest BCUT2D eigenvalue weighted by Gasteiger charge is -2.11. The molecule has 2 aromatic heterocycles. The number of carbonyl (C=O) groups excluding carboxylic acids is 1. The van der Waals surface area contributed by atoms with Crippen molar-refractivity contribution in [3.63, 3.8) is 0 Å². The third kappa shape index (κ3) is 3.04. The van der Waals surface area contributed by atoms with Crippen LogP contribution in [0.2, 0.25) is 0 Å². The molecule has 7 heteroatoms. The van der Waals surface area contributed by atoms with E-state index in [-0.39, 0.29) is 12.7 Å². The third-order valence-corrected chi connectivity index (χ3v) is 5.28. The number of amides is 1. The Kier molecular flexibility index (Phi) is 4.08. The molecule has 1 aliphatic heterocycles. The van der Waals surface area contributed by atoms with Gasteiger partial charge in [0, 0.05) is 34.9 Å². The standard InChI is InChI=1S/C22H20N4O3/c1-13-16(14(2)26-22(23-13)17-5-3-4-6-18(17)25-26)8-10-21(27)24-15-7-9-19-20(11-15)29-12-28-19/h3-7,9,11H,8,10,12H2,1-2H3,(H,24,27). The summed E-state index contributed by atoms with van der Waals surface area (Å²) in [5, 5.41) is 8.63. The van der Waals surface area contributed by atoms with Crippen molar-refractivity contribution in [2.24, 2.45) is 0 Å². The van der Waals surface area contributed by atoms with Crippen LogP contribution in [0.3, 0.4) is 0 Å². The lowest BCUT2D eigenvalue weighted by Crippen LogP contribution is -2.14. The van der Waals surface area contributed by atoms with Gasteiger partial charge < -0.3 is 14.8 Å². The molecule has 2 aromatic carbocycles. The van der Waals surface area contributed by atoms with Gasteiger partial charge in [0.2, 0.25) is 12.7 Å². The zero-order valence-electron chi connectivity index (χ0n) is 16.2. The first-order valence-electron chi connectivity index (χ1n) is 9.53. The average molecular weight is 388 g/mol. The molecule has 0 saturated carbocycles. The Morgan fingerprint density at radius 2 is 1.97 bits per heavy atom. The fraction of sp³-hybridized carbons (Fsp3) is 0.227. The number of anilines is 1. The molecular weight excluding hydrogens is 368 g/mol. The van der Waals surface area contributed by atoms with E-state index >= 15 is 0 Å². The number of aromatic nitrogens is 3. The molecule has 0 unspecified atom stereocenters. The van der Waals surface area contributed by atoms with Gasteiger partial charge in [0.25, 0.3) is 0 Å². The Bertz CT molecular complexity index is 1260. The molecule has 4 aromatic rings. The summed E-state index contributed by atoms with van der Waals surface area (Å²) in [6, 6.07) is 13.4. The highest BCUT2D eigenvalue weighted by Gasteiger charge is 2.16. The summed E-state index contributed by atoms with van der Waals surface area (Å²) in [6.07, 6.45) is 0.942. The smallest absolute Gasteiger partial charge is 0.231 e. The number of carbonyl (C=O) groups is 1. The first-order chi connectivity index (χ1) is 14.1. The molecular formula is C22H20N4O3. The Labute approximate surface area is 167 Å². The number of fused-ring (bicyclic) bond motifs is 4. The van der Waals surface area contributed by atoms with Crippen LogP contribution in [0.25, 0.3) is 16.6 Å². The molecule has 3 heterocycles. The maximum Gasteiger partial charge on any atom is 0.231 e. The maximum absolute atomic E-state index is 12.5. The Morgan fingerprint density at radius 3 is 2.86 bits per heavy atom. The first kappa shape index (κ1) is 17.5. The summed E-state index contributed by atoms with van der Waals surface area (Å²) in [5.74, 6) is 1.28. The van der Waals surface area contributed by atoms with Gasteiger partial charge in [-0.3, -0.25) is 4.79 Å². The van der Waals surface area contributed by atoms with Crippen molar-refractivity contribution in [2.45, 2.75) is 26.7 Å². The first-order valence-corrected chi connectivity index (χ1v) is 9.53. The van der Waals surface area contributed by atoms with E-state index in [9.17, 15) is 4.79 Å². The molecule has 1 aliphatic rings. The normalized spacial score (nSPS) is 12.6. The van der Waals surface area contributed by atoms with Gasteiger partial charge in [-0.2, -0.15) is 5.10 Å². The van der Waals surface area contributed by atoms with Crippen molar-refractivity contribution in [1.82, 2.24) is 14.6 Å². The summed E-state index contributed by atoms with van der Waals surface area (Å²) in [6.45, 7) is 4.22. The Balaban J connectivity index is 1.36. The van der Waals surface area contributed by atoms with Crippen molar-refractivity contribution in [3.8, 4) is 11.5 Å². The summed E-state index contributed by atoms with van der Waals surface area (Å²) in [4.78, 5) is 17.3. The van der Waals surface area contributed by atoms with Crippen molar-refractivity contribution in [1.29, 1.82) is 0 Å². The average Bonchev–Trinajstić information content (AvgIpc) is 3.32. The van der Waals surface area contributed by atoms with Crippen LogP contribution in [0.5, 0.6) is 11.5 Å². The summed E-state index contributed by atoms with van der Waals surface area (Å²) >= 11 is 0. The number of benzene rings is 2. The molecule has 0 radical (unpaired) electrons. The van der Waals surface area contributed by atoms with Crippen LogP contribution in [0.15, 0.2) is 42.5 Å². The number of nitrogens with one attached hydrogen (secondary N) is 1. The number of ether oxygens (including phenoxy) is 2. The van der Waals surface area contributed by atoms with Gasteiger partial charge in [-0.25, -0.2) is 9.50 Å². The zero-order chi connectivity index (χ0) is 20.0. The van der Waals surface area contributed by atoms with Crippen molar-refractivity contribution >= 4 is 28.1 Å². The van der Waals surface area contributed by atoms with Gasteiger partial charge in [0.1, 0.15) is 0 Å². The summed E-state index contributed by atoms with van der Waals surface area (Å²) in [5.41, 5.74) is 5.45. The molecule has 146 valence electrons. The van der Waals surface area contributed by atoms with Crippen LogP contribution in [-0.2, 0) is 11.2 Å². The molecule has 1 N–H and O–H groups in total. The van der Waals surface area contributed by atoms with E-state index in [4.69, 9.17) is 14.5 Å². The van der Waals surface area contributed by atoms with Crippen LogP contribution < -0.4 is 14.8 Å². The highest BCUT2D eigenvalue weighted by atomic mass is 16.7. The minimum Gasteiger partial charge on any atom is -0.454 e. The van der Waals surface area contributed by atoms with Crippen molar-refractivity contribution in [2.75, 3.05) is 12.1 Å². The van der Waals surface area contributed by atoms with Crippen LogP contribution >= 0.6 is 0 Å². The molecule has 0 atom stereocenters. The van der Waals surface area contributed by atoms with Gasteiger partial charge in [0.05, 0.1) is 5.52 Å². The summed E-state index contributed by atoms with van der Waals surface area (Å²) < 4.78 is 12.5. The highest BCUT2D eigenvalue weighted by Crippen LogP contribution is 2.34. The molecule has 0 saturated heterocycles. The number of hydrogen-bond acceptors (Lipinski definition) is 5. The van der Waals surface area contributed by atoms with Crippen LogP contribution in [0, 0.1) is 13.8 Å². The Morgan fingerprint density at radius 1 is 1.14 bits per heavy atom. The summed E-state index contributed by atoms with van der Waals surface area (Å²) in [7, 11) is 0. The molecule has 0 aliphatic carbocycles. The molecule has 1 amide bonds. The minimum absolute atomic E-state index is 0.0617. The quantitative estimate of drug-likeness (QED) is 0.575. The topological polar surface area (TPSA) is 77.8 Å². The lowest BCUT2D eigenvalue weighted by molar-refractivity contribution is -0.116. The fourth-order valence-electron chi connectivity index (χ4n) is 3.77. The number of hydrogen-bond donors (Lipinski definition) is 1. The van der Waals surface area contributed by atoms with E-state index in [1.54, 1.807) is 12.1 Å². The van der Waals surface area contributed by atoms with E-state index < -0.39 is 0 Å². The van der Waals surface area contributed by atoms with Gasteiger partial charge in [-0.15, -0.1) is 0 Å². The maximum atomic E-state index is 12.5. The second-order valence-corrected chi connectivity index (χ2v) is 7.13. The molecule has 29 heavy (non-hydrogen) atoms. The van der Waals surface area contributed by atoms with Gasteiger partial charge in [-0.1, -0.05) is 12.1 Å². The monoisotopic (exact) mass is 388 g/mol. The van der Waals surface area contributed by atoms with Gasteiger partial charge >= 0.3 is 0 Å². The predicted octanol–water partition coefficient (Wildman–Crippen LogP) is 3.80. The van der Waals surface area contributed by atoms with Crippen molar-refractivity contribution in [3.05, 3.63) is 59.4 Å². The van der Waals surface area contributed by atoms with E-state index in [1.807, 2.05) is 48.7 Å². The van der Waals surface area contributed by atoms with E-state index in [2.05, 4.69) is 10.4 Å². The molecule has 0 bridgehead atoms. The number of rotatable bonds is 4. The zero-order valence-corrected chi connectivity index (χ0v) is 16.2. The van der Waals surface area contributed by atoms with Crippen molar-refractivity contribution < 1.29 is 14.3 Å². The second kappa shape index (κ2) is 6.77. The molecule has 7 nitrogen and oxygen atoms in total. The van der Waals surface area contributed by atoms with Crippen LogP contribution in [-0.4, -0.2) is 27.3 Å². The SMILES string of the molecule is Cc1nc2c3ccccc3nn2c(C)c1CCC(=O)Nc1ccc2c(c1)OCO2. The Hall–Kier alpha value is -3.61.